The Kier molecular flexibility index (Phi) is 9.76. The number of nitrogens with zero attached hydrogens (tertiary/aromatic N) is 1. The van der Waals surface area contributed by atoms with Gasteiger partial charge in [-0.25, -0.2) is 0 Å². The molecule has 0 aliphatic heterocycles. The average molecular weight is 514 g/mol. The Bertz CT molecular complexity index is 804. The number of carbonyl (C=O) groups excluding carboxylic acids is 1. The van der Waals surface area contributed by atoms with Crippen LogP contribution in [0.4, 0.5) is 0 Å². The van der Waals surface area contributed by atoms with E-state index in [1.807, 2.05) is 19.1 Å². The minimum Gasteiger partial charge on any atom is -0.493 e. The lowest BCUT2D eigenvalue weighted by Crippen LogP contribution is -2.23. The van der Waals surface area contributed by atoms with Crippen molar-refractivity contribution in [2.75, 3.05) is 19.8 Å². The molecule has 0 fully saturated rings. The standard InChI is InChI=1S/C22H31IN2O4/c1-5-9-11-27-17-14-18(28-12-10-6-2)16(13-15(17)7-3)21-19(23)20(25-29-21)22(26)24-8-4/h13-14H,5-12H2,1-4H3,(H,24,26). The van der Waals surface area contributed by atoms with E-state index in [0.717, 1.165) is 49.0 Å². The molecule has 1 heterocycles. The average Bonchev–Trinajstić information content (AvgIpc) is 3.10. The highest BCUT2D eigenvalue weighted by Crippen LogP contribution is 2.39. The molecule has 1 aromatic heterocycles. The summed E-state index contributed by atoms with van der Waals surface area (Å²) < 4.78 is 18.4. The van der Waals surface area contributed by atoms with Crippen LogP contribution in [0.2, 0.25) is 0 Å². The number of hydrogen-bond acceptors (Lipinski definition) is 5. The van der Waals surface area contributed by atoms with Gasteiger partial charge in [0.2, 0.25) is 0 Å². The van der Waals surface area contributed by atoms with E-state index >= 15 is 0 Å². The summed E-state index contributed by atoms with van der Waals surface area (Å²) in [7, 11) is 0. The van der Waals surface area contributed by atoms with E-state index in [0.29, 0.717) is 40.5 Å². The summed E-state index contributed by atoms with van der Waals surface area (Å²) in [6, 6.07) is 3.98. The second-order valence-electron chi connectivity index (χ2n) is 6.75. The topological polar surface area (TPSA) is 73.6 Å². The van der Waals surface area contributed by atoms with Gasteiger partial charge < -0.3 is 19.3 Å². The van der Waals surface area contributed by atoms with Crippen molar-refractivity contribution >= 4 is 28.5 Å². The van der Waals surface area contributed by atoms with Crippen molar-refractivity contribution in [3.63, 3.8) is 0 Å². The Balaban J connectivity index is 2.46. The second-order valence-corrected chi connectivity index (χ2v) is 7.83. The van der Waals surface area contributed by atoms with Gasteiger partial charge in [0.25, 0.3) is 5.91 Å². The maximum absolute atomic E-state index is 12.2. The molecule has 0 unspecified atom stereocenters. The molecule has 0 saturated carbocycles. The Hall–Kier alpha value is -1.77. The van der Waals surface area contributed by atoms with Crippen LogP contribution in [0.25, 0.3) is 11.3 Å². The number of aromatic nitrogens is 1. The zero-order valence-electron chi connectivity index (χ0n) is 17.8. The molecule has 0 spiro atoms. The van der Waals surface area contributed by atoms with Gasteiger partial charge in [0.1, 0.15) is 11.5 Å². The maximum Gasteiger partial charge on any atom is 0.274 e. The largest absolute Gasteiger partial charge is 0.493 e. The Morgan fingerprint density at radius 2 is 1.72 bits per heavy atom. The van der Waals surface area contributed by atoms with Crippen molar-refractivity contribution in [1.29, 1.82) is 0 Å². The third kappa shape index (κ3) is 6.10. The van der Waals surface area contributed by atoms with Gasteiger partial charge in [-0.2, -0.15) is 0 Å². The number of benzene rings is 1. The van der Waals surface area contributed by atoms with Crippen LogP contribution in [0.5, 0.6) is 11.5 Å². The fraction of sp³-hybridized carbons (Fsp3) is 0.545. The first-order valence-electron chi connectivity index (χ1n) is 10.4. The Morgan fingerprint density at radius 1 is 1.07 bits per heavy atom. The van der Waals surface area contributed by atoms with Crippen LogP contribution < -0.4 is 14.8 Å². The van der Waals surface area contributed by atoms with Crippen LogP contribution in [-0.2, 0) is 6.42 Å². The van der Waals surface area contributed by atoms with Crippen LogP contribution in [-0.4, -0.2) is 30.8 Å². The molecule has 2 aromatic rings. The summed E-state index contributed by atoms with van der Waals surface area (Å²) in [5.74, 6) is 1.84. The van der Waals surface area contributed by atoms with Gasteiger partial charge in [-0.05, 0) is 60.4 Å². The Labute approximate surface area is 186 Å². The van der Waals surface area contributed by atoms with Gasteiger partial charge >= 0.3 is 0 Å². The number of nitrogens with one attached hydrogen (secondary N) is 1. The van der Waals surface area contributed by atoms with Crippen molar-refractivity contribution in [1.82, 2.24) is 10.5 Å². The molecule has 1 amide bonds. The summed E-state index contributed by atoms with van der Waals surface area (Å²) >= 11 is 2.11. The van der Waals surface area contributed by atoms with Crippen molar-refractivity contribution in [2.24, 2.45) is 0 Å². The minimum absolute atomic E-state index is 0.240. The predicted molar refractivity (Wildman–Crippen MR) is 123 cm³/mol. The second kappa shape index (κ2) is 12.0. The summed E-state index contributed by atoms with van der Waals surface area (Å²) in [6.45, 7) is 10.1. The molecule has 0 radical (unpaired) electrons. The summed E-state index contributed by atoms with van der Waals surface area (Å²) in [4.78, 5) is 12.2. The molecule has 29 heavy (non-hydrogen) atoms. The first-order valence-corrected chi connectivity index (χ1v) is 11.5. The zero-order chi connectivity index (χ0) is 21.2. The van der Waals surface area contributed by atoms with Gasteiger partial charge in [0.05, 0.1) is 22.3 Å². The number of carbonyl (C=O) groups is 1. The van der Waals surface area contributed by atoms with Crippen molar-refractivity contribution in [2.45, 2.75) is 59.8 Å². The number of amides is 1. The summed E-state index contributed by atoms with van der Waals surface area (Å²) in [5.41, 5.74) is 2.17. The number of ether oxygens (including phenoxy) is 2. The van der Waals surface area contributed by atoms with E-state index in [4.69, 9.17) is 14.0 Å². The molecular weight excluding hydrogens is 483 g/mol. The fourth-order valence-electron chi connectivity index (χ4n) is 2.80. The molecule has 0 saturated heterocycles. The number of unbranched alkanes of at least 4 members (excludes halogenated alkanes) is 2. The van der Waals surface area contributed by atoms with Crippen LogP contribution in [0.1, 0.15) is 69.4 Å². The van der Waals surface area contributed by atoms with Crippen LogP contribution in [0.15, 0.2) is 16.7 Å². The quantitative estimate of drug-likeness (QED) is 0.294. The molecule has 1 N–H and O–H groups in total. The third-order valence-corrected chi connectivity index (χ3v) is 5.49. The number of aryl methyl sites for hydroxylation is 1. The molecule has 7 heteroatoms. The summed E-state index contributed by atoms with van der Waals surface area (Å²) in [5, 5.41) is 6.77. The molecular formula is C22H31IN2O4. The summed E-state index contributed by atoms with van der Waals surface area (Å²) in [6.07, 6.45) is 4.91. The molecule has 0 atom stereocenters. The lowest BCUT2D eigenvalue weighted by Gasteiger charge is -2.16. The SMILES string of the molecule is CCCCOc1cc(OCCCC)c(-c2onc(C(=O)NCC)c2I)cc1CC. The highest BCUT2D eigenvalue weighted by atomic mass is 127. The maximum atomic E-state index is 12.2. The first kappa shape index (κ1) is 23.5. The number of rotatable bonds is 12. The van der Waals surface area contributed by atoms with Gasteiger partial charge in [0.15, 0.2) is 11.5 Å². The molecule has 1 aromatic carbocycles. The first-order chi connectivity index (χ1) is 14.1. The zero-order valence-corrected chi connectivity index (χ0v) is 19.9. The molecule has 0 bridgehead atoms. The lowest BCUT2D eigenvalue weighted by molar-refractivity contribution is 0.0946. The third-order valence-electron chi connectivity index (χ3n) is 4.49. The van der Waals surface area contributed by atoms with Crippen LogP contribution >= 0.6 is 22.6 Å². The van der Waals surface area contributed by atoms with Gasteiger partial charge in [0, 0.05) is 12.6 Å². The van der Waals surface area contributed by atoms with Gasteiger partial charge in [-0.15, -0.1) is 0 Å². The minimum atomic E-state index is -0.240. The van der Waals surface area contributed by atoms with Crippen LogP contribution in [0, 0.1) is 3.57 Å². The van der Waals surface area contributed by atoms with Gasteiger partial charge in [-0.1, -0.05) is 38.8 Å². The molecule has 6 nitrogen and oxygen atoms in total. The highest BCUT2D eigenvalue weighted by Gasteiger charge is 2.24. The molecule has 0 aliphatic carbocycles. The smallest absolute Gasteiger partial charge is 0.274 e. The number of hydrogen-bond donors (Lipinski definition) is 1. The monoisotopic (exact) mass is 514 g/mol. The van der Waals surface area contributed by atoms with E-state index in [1.165, 1.54) is 0 Å². The normalized spacial score (nSPS) is 10.8. The van der Waals surface area contributed by atoms with E-state index in [1.54, 1.807) is 0 Å². The van der Waals surface area contributed by atoms with E-state index < -0.39 is 0 Å². The van der Waals surface area contributed by atoms with Crippen molar-refractivity contribution in [3.05, 3.63) is 27.0 Å². The lowest BCUT2D eigenvalue weighted by atomic mass is 10.0. The molecule has 160 valence electrons. The Morgan fingerprint density at radius 3 is 2.31 bits per heavy atom. The van der Waals surface area contributed by atoms with Crippen molar-refractivity contribution in [3.8, 4) is 22.8 Å². The molecule has 2 rings (SSSR count). The van der Waals surface area contributed by atoms with E-state index in [9.17, 15) is 4.79 Å². The van der Waals surface area contributed by atoms with Crippen molar-refractivity contribution < 1.29 is 18.8 Å². The fourth-order valence-corrected chi connectivity index (χ4v) is 3.53. The number of halogens is 1. The van der Waals surface area contributed by atoms with E-state index in [-0.39, 0.29) is 5.91 Å². The highest BCUT2D eigenvalue weighted by molar-refractivity contribution is 14.1. The van der Waals surface area contributed by atoms with E-state index in [2.05, 4.69) is 53.8 Å². The van der Waals surface area contributed by atoms with Gasteiger partial charge in [-0.3, -0.25) is 4.79 Å². The molecule has 0 aliphatic rings. The predicted octanol–water partition coefficient (Wildman–Crippen LogP) is 5.62. The van der Waals surface area contributed by atoms with Crippen LogP contribution in [0.3, 0.4) is 0 Å².